The Hall–Kier alpha value is -2.60. The van der Waals surface area contributed by atoms with Crippen molar-refractivity contribution in [3.05, 3.63) is 59.0 Å². The molecule has 3 heterocycles. The van der Waals surface area contributed by atoms with Gasteiger partial charge in [-0.1, -0.05) is 35.0 Å². The Morgan fingerprint density at radius 3 is 2.59 bits per heavy atom. The summed E-state index contributed by atoms with van der Waals surface area (Å²) >= 11 is 0. The lowest BCUT2D eigenvalue weighted by Crippen LogP contribution is -2.46. The van der Waals surface area contributed by atoms with Gasteiger partial charge in [0.15, 0.2) is 0 Å². The second-order valence-electron chi connectivity index (χ2n) is 8.13. The summed E-state index contributed by atoms with van der Waals surface area (Å²) in [5.74, 6) is 1.65. The van der Waals surface area contributed by atoms with Gasteiger partial charge in [-0.25, -0.2) is 0 Å². The molecule has 6 heteroatoms. The topological polar surface area (TPSA) is 73.1 Å². The quantitative estimate of drug-likeness (QED) is 0.804. The van der Waals surface area contributed by atoms with E-state index in [1.54, 1.807) is 0 Å². The molecule has 1 N–H and O–H groups in total. The normalized spacial score (nSPS) is 20.8. The first kappa shape index (κ1) is 19.7. The highest BCUT2D eigenvalue weighted by Gasteiger charge is 2.43. The number of hydrogen-bond donors (Lipinski definition) is 1. The Balaban J connectivity index is 1.40. The van der Waals surface area contributed by atoms with Gasteiger partial charge in [0.25, 0.3) is 0 Å². The van der Waals surface area contributed by atoms with Crippen LogP contribution in [0.25, 0.3) is 0 Å². The molecular weight excluding hydrogens is 368 g/mol. The third-order valence-electron chi connectivity index (χ3n) is 5.89. The molecule has 1 amide bonds. The van der Waals surface area contributed by atoms with Crippen LogP contribution in [-0.2, 0) is 20.9 Å². The van der Waals surface area contributed by atoms with Gasteiger partial charge in [-0.3, -0.25) is 4.79 Å². The monoisotopic (exact) mass is 396 g/mol. The number of rotatable bonds is 6. The zero-order valence-corrected chi connectivity index (χ0v) is 17.1. The summed E-state index contributed by atoms with van der Waals surface area (Å²) in [6, 6.07) is 12.1. The number of aryl methyl sites for hydroxylation is 2. The molecule has 2 aliphatic rings. The summed E-state index contributed by atoms with van der Waals surface area (Å²) in [6.45, 7) is 5.54. The van der Waals surface area contributed by atoms with Gasteiger partial charge in [-0.2, -0.15) is 0 Å². The molecule has 1 saturated heterocycles. The Kier molecular flexibility index (Phi) is 5.72. The maximum absolute atomic E-state index is 13.2. The van der Waals surface area contributed by atoms with E-state index in [0.717, 1.165) is 29.2 Å². The maximum atomic E-state index is 13.2. The second-order valence-corrected chi connectivity index (χ2v) is 8.13. The molecule has 2 aromatic rings. The molecule has 0 aliphatic carbocycles. The van der Waals surface area contributed by atoms with Crippen LogP contribution >= 0.6 is 0 Å². The average Bonchev–Trinajstić information content (AvgIpc) is 3.36. The van der Waals surface area contributed by atoms with Gasteiger partial charge in [-0.05, 0) is 44.4 Å². The molecule has 154 valence electrons. The highest BCUT2D eigenvalue weighted by Crippen LogP contribution is 2.38. The van der Waals surface area contributed by atoms with Crippen LogP contribution in [0.2, 0.25) is 0 Å². The number of amides is 1. The van der Waals surface area contributed by atoms with E-state index in [-0.39, 0.29) is 12.0 Å². The van der Waals surface area contributed by atoms with Crippen LogP contribution in [0.1, 0.15) is 48.3 Å². The van der Waals surface area contributed by atoms with Crippen molar-refractivity contribution < 1.29 is 18.8 Å². The fourth-order valence-corrected chi connectivity index (χ4v) is 4.11. The van der Waals surface area contributed by atoms with Gasteiger partial charge in [0.2, 0.25) is 5.91 Å². The van der Waals surface area contributed by atoms with Gasteiger partial charge in [0.1, 0.15) is 17.6 Å². The highest BCUT2D eigenvalue weighted by molar-refractivity contribution is 6.01. The highest BCUT2D eigenvalue weighted by atomic mass is 16.6. The minimum absolute atomic E-state index is 0.0437. The summed E-state index contributed by atoms with van der Waals surface area (Å²) < 4.78 is 11.1. The number of carbonyl (C=O) groups is 1. The van der Waals surface area contributed by atoms with Crippen molar-refractivity contribution in [2.45, 2.75) is 52.2 Å². The van der Waals surface area contributed by atoms with Gasteiger partial charge in [0.05, 0.1) is 17.7 Å². The number of nitrogens with one attached hydrogen (secondary N) is 1. The van der Waals surface area contributed by atoms with Crippen LogP contribution in [0.5, 0.6) is 0 Å². The van der Waals surface area contributed by atoms with Crippen LogP contribution in [0, 0.1) is 19.3 Å². The molecule has 2 aliphatic heterocycles. The Labute approximate surface area is 171 Å². The summed E-state index contributed by atoms with van der Waals surface area (Å²) in [6.07, 6.45) is 2.64. The van der Waals surface area contributed by atoms with Crippen molar-refractivity contribution in [2.75, 3.05) is 13.2 Å². The van der Waals surface area contributed by atoms with Crippen molar-refractivity contribution in [1.29, 1.82) is 0 Å². The van der Waals surface area contributed by atoms with Crippen LogP contribution in [0.3, 0.4) is 0 Å². The predicted octanol–water partition coefficient (Wildman–Crippen LogP) is 3.89. The first-order valence-electron chi connectivity index (χ1n) is 10.3. The van der Waals surface area contributed by atoms with Crippen molar-refractivity contribution >= 4 is 11.6 Å². The first-order chi connectivity index (χ1) is 14.0. The van der Waals surface area contributed by atoms with Crippen molar-refractivity contribution in [2.24, 2.45) is 10.6 Å². The smallest absolute Gasteiger partial charge is 0.226 e. The molecule has 1 fully saturated rings. The molecular formula is C23H28N2O4. The molecule has 0 radical (unpaired) electrons. The van der Waals surface area contributed by atoms with Crippen LogP contribution in [-0.4, -0.2) is 30.9 Å². The summed E-state index contributed by atoms with van der Waals surface area (Å²) in [4.78, 5) is 18.9. The number of ether oxygens (including phenoxy) is 1. The van der Waals surface area contributed by atoms with E-state index in [1.807, 2.05) is 19.1 Å². The fourth-order valence-electron chi connectivity index (χ4n) is 4.11. The molecule has 1 aromatic carbocycles. The largest absolute Gasteiger partial charge is 0.465 e. The zero-order valence-electron chi connectivity index (χ0n) is 17.1. The van der Waals surface area contributed by atoms with E-state index < -0.39 is 5.41 Å². The van der Waals surface area contributed by atoms with Crippen molar-refractivity contribution in [1.82, 2.24) is 5.32 Å². The average molecular weight is 396 g/mol. The number of benzene rings is 1. The summed E-state index contributed by atoms with van der Waals surface area (Å²) in [5.41, 5.74) is 2.75. The number of carbonyl (C=O) groups excluding carboxylic acids is 1. The van der Waals surface area contributed by atoms with Gasteiger partial charge in [-0.15, -0.1) is 0 Å². The zero-order chi connectivity index (χ0) is 20.3. The van der Waals surface area contributed by atoms with E-state index in [0.29, 0.717) is 39.0 Å². The lowest BCUT2D eigenvalue weighted by Gasteiger charge is -2.36. The van der Waals surface area contributed by atoms with Crippen LogP contribution < -0.4 is 5.32 Å². The van der Waals surface area contributed by atoms with Gasteiger partial charge >= 0.3 is 0 Å². The third kappa shape index (κ3) is 4.53. The molecule has 0 spiro atoms. The first-order valence-corrected chi connectivity index (χ1v) is 10.3. The fraction of sp³-hybridized carbons (Fsp3) is 0.478. The lowest BCUT2D eigenvalue weighted by atomic mass is 9.74. The second kappa shape index (κ2) is 8.41. The Bertz CT molecular complexity index is 879. The molecule has 1 aromatic heterocycles. The number of hydrogen-bond acceptors (Lipinski definition) is 5. The van der Waals surface area contributed by atoms with Crippen LogP contribution in [0.15, 0.2) is 46.0 Å². The molecule has 1 unspecified atom stereocenters. The predicted molar refractivity (Wildman–Crippen MR) is 110 cm³/mol. The minimum atomic E-state index is -0.497. The van der Waals surface area contributed by atoms with Crippen molar-refractivity contribution in [3.8, 4) is 0 Å². The van der Waals surface area contributed by atoms with E-state index in [1.165, 1.54) is 5.56 Å². The molecule has 0 bridgehead atoms. The molecule has 1 atom stereocenters. The number of oxime groups is 1. The minimum Gasteiger partial charge on any atom is -0.465 e. The summed E-state index contributed by atoms with van der Waals surface area (Å²) in [7, 11) is 0. The van der Waals surface area contributed by atoms with Crippen LogP contribution in [0.4, 0.5) is 0 Å². The molecule has 29 heavy (non-hydrogen) atoms. The van der Waals surface area contributed by atoms with Gasteiger partial charge < -0.3 is 19.3 Å². The van der Waals surface area contributed by atoms with E-state index in [9.17, 15) is 4.79 Å². The number of furan rings is 1. The Morgan fingerprint density at radius 2 is 1.90 bits per heavy atom. The molecule has 0 saturated carbocycles. The Morgan fingerprint density at radius 1 is 1.14 bits per heavy atom. The van der Waals surface area contributed by atoms with E-state index in [4.69, 9.17) is 14.0 Å². The lowest BCUT2D eigenvalue weighted by molar-refractivity contribution is -0.140. The van der Waals surface area contributed by atoms with E-state index in [2.05, 4.69) is 41.7 Å². The van der Waals surface area contributed by atoms with Crippen molar-refractivity contribution in [3.63, 3.8) is 0 Å². The van der Waals surface area contributed by atoms with Gasteiger partial charge in [0, 0.05) is 26.1 Å². The molecule has 4 rings (SSSR count). The SMILES string of the molecule is Cc1ccc(C2=NOC(CC3(C(=O)NCc4ccc(C)o4)CCOCC3)C2)cc1. The number of nitrogens with zero attached hydrogens (tertiary/aromatic N) is 1. The molecule has 6 nitrogen and oxygen atoms in total. The maximum Gasteiger partial charge on any atom is 0.226 e. The standard InChI is InChI=1S/C23H28N2O4/c1-16-3-6-18(7-4-16)21-13-20(29-25-21)14-23(9-11-27-12-10-23)22(26)24-15-19-8-5-17(2)28-19/h3-8,20H,9-15H2,1-2H3,(H,24,26). The third-order valence-corrected chi connectivity index (χ3v) is 5.89. The van der Waals surface area contributed by atoms with E-state index >= 15 is 0 Å². The summed E-state index contributed by atoms with van der Waals surface area (Å²) in [5, 5.41) is 7.37.